The Kier molecular flexibility index (Phi) is 6.22. The van der Waals surface area contributed by atoms with Crippen molar-refractivity contribution in [2.24, 2.45) is 5.92 Å². The molecule has 1 heterocycles. The second-order valence-corrected chi connectivity index (χ2v) is 5.51. The number of pyridine rings is 1. The van der Waals surface area contributed by atoms with Gasteiger partial charge in [-0.3, -0.25) is 0 Å². The summed E-state index contributed by atoms with van der Waals surface area (Å²) in [5.41, 5.74) is 0.685. The molecule has 0 aliphatic heterocycles. The molecule has 1 aromatic rings. The molecule has 1 aromatic heterocycles. The van der Waals surface area contributed by atoms with Crippen LogP contribution in [0.1, 0.15) is 40.2 Å². The van der Waals surface area contributed by atoms with E-state index in [0.29, 0.717) is 23.8 Å². The van der Waals surface area contributed by atoms with Gasteiger partial charge in [0.15, 0.2) is 11.6 Å². The molecule has 108 valence electrons. The van der Waals surface area contributed by atoms with Crippen molar-refractivity contribution in [1.82, 2.24) is 10.3 Å². The van der Waals surface area contributed by atoms with Gasteiger partial charge in [0.2, 0.25) is 0 Å². The van der Waals surface area contributed by atoms with E-state index in [4.69, 9.17) is 0 Å². The van der Waals surface area contributed by atoms with Gasteiger partial charge in [0.05, 0.1) is 0 Å². The quantitative estimate of drug-likeness (QED) is 0.822. The van der Waals surface area contributed by atoms with Crippen molar-refractivity contribution < 1.29 is 4.39 Å². The summed E-state index contributed by atoms with van der Waals surface area (Å²) in [6.07, 6.45) is 1.69. The molecule has 0 aromatic carbocycles. The van der Waals surface area contributed by atoms with Crippen LogP contribution in [-0.2, 0) is 6.54 Å². The molecule has 0 saturated carbocycles. The largest absolute Gasteiger partial charge is 0.352 e. The molecule has 1 rings (SSSR count). The maximum atomic E-state index is 14.5. The zero-order chi connectivity index (χ0) is 14.4. The fourth-order valence-electron chi connectivity index (χ4n) is 2.06. The van der Waals surface area contributed by atoms with Crippen molar-refractivity contribution in [3.63, 3.8) is 0 Å². The monoisotopic (exact) mass is 267 g/mol. The van der Waals surface area contributed by atoms with E-state index in [0.717, 1.165) is 13.1 Å². The van der Waals surface area contributed by atoms with E-state index in [-0.39, 0.29) is 11.9 Å². The second-order valence-electron chi connectivity index (χ2n) is 5.51. The third kappa shape index (κ3) is 4.46. The SMILES string of the molecule is CCN(c1nccc(CNCC(C)C)c1F)C(C)C. The number of hydrogen-bond acceptors (Lipinski definition) is 3. The Bertz CT molecular complexity index is 391. The van der Waals surface area contributed by atoms with Crippen molar-refractivity contribution in [2.45, 2.75) is 47.2 Å². The van der Waals surface area contributed by atoms with Gasteiger partial charge in [0.25, 0.3) is 0 Å². The number of rotatable bonds is 7. The Morgan fingerprint density at radius 1 is 1.32 bits per heavy atom. The summed E-state index contributed by atoms with van der Waals surface area (Å²) in [6.45, 7) is 12.6. The van der Waals surface area contributed by atoms with Crippen molar-refractivity contribution in [2.75, 3.05) is 18.0 Å². The molecule has 0 amide bonds. The van der Waals surface area contributed by atoms with Gasteiger partial charge >= 0.3 is 0 Å². The van der Waals surface area contributed by atoms with Crippen LogP contribution in [-0.4, -0.2) is 24.1 Å². The van der Waals surface area contributed by atoms with Crippen molar-refractivity contribution >= 4 is 5.82 Å². The highest BCUT2D eigenvalue weighted by Gasteiger charge is 2.17. The zero-order valence-corrected chi connectivity index (χ0v) is 12.7. The standard InChI is InChI=1S/C15H26FN3/c1-6-19(12(4)5)15-14(16)13(7-8-18-15)10-17-9-11(2)3/h7-8,11-12,17H,6,9-10H2,1-5H3. The minimum absolute atomic E-state index is 0.200. The van der Waals surface area contributed by atoms with Gasteiger partial charge in [-0.15, -0.1) is 0 Å². The summed E-state index contributed by atoms with van der Waals surface area (Å²) in [7, 11) is 0. The molecule has 4 heteroatoms. The smallest absolute Gasteiger partial charge is 0.170 e. The average Bonchev–Trinajstić information content (AvgIpc) is 2.33. The topological polar surface area (TPSA) is 28.2 Å². The highest BCUT2D eigenvalue weighted by atomic mass is 19.1. The predicted molar refractivity (Wildman–Crippen MR) is 78.9 cm³/mol. The lowest BCUT2D eigenvalue weighted by atomic mass is 10.2. The summed E-state index contributed by atoms with van der Waals surface area (Å²) in [5, 5.41) is 3.27. The number of nitrogens with one attached hydrogen (secondary N) is 1. The first-order chi connectivity index (χ1) is 8.97. The van der Waals surface area contributed by atoms with Crippen LogP contribution < -0.4 is 10.2 Å². The van der Waals surface area contributed by atoms with E-state index >= 15 is 0 Å². The minimum Gasteiger partial charge on any atom is -0.352 e. The van der Waals surface area contributed by atoms with Crippen LogP contribution in [0.25, 0.3) is 0 Å². The van der Waals surface area contributed by atoms with E-state index in [2.05, 4.69) is 24.1 Å². The fourth-order valence-corrected chi connectivity index (χ4v) is 2.06. The van der Waals surface area contributed by atoms with E-state index in [1.807, 2.05) is 25.7 Å². The van der Waals surface area contributed by atoms with Crippen molar-refractivity contribution in [3.05, 3.63) is 23.6 Å². The Labute approximate surface area is 116 Å². The Balaban J connectivity index is 2.85. The number of aromatic nitrogens is 1. The molecule has 0 unspecified atom stereocenters. The maximum absolute atomic E-state index is 14.5. The molecule has 0 fully saturated rings. The molecule has 0 radical (unpaired) electrons. The van der Waals surface area contributed by atoms with E-state index in [1.54, 1.807) is 12.3 Å². The van der Waals surface area contributed by atoms with Gasteiger partial charge in [-0.1, -0.05) is 13.8 Å². The van der Waals surface area contributed by atoms with Crippen molar-refractivity contribution in [3.8, 4) is 0 Å². The van der Waals surface area contributed by atoms with Gasteiger partial charge < -0.3 is 10.2 Å². The van der Waals surface area contributed by atoms with Crippen LogP contribution in [0.4, 0.5) is 10.2 Å². The number of nitrogens with zero attached hydrogens (tertiary/aromatic N) is 2. The second kappa shape index (κ2) is 7.43. The fraction of sp³-hybridized carbons (Fsp3) is 0.667. The summed E-state index contributed by atoms with van der Waals surface area (Å²) in [4.78, 5) is 6.17. The Morgan fingerprint density at radius 2 is 2.00 bits per heavy atom. The van der Waals surface area contributed by atoms with Gasteiger partial charge in [-0.25, -0.2) is 9.37 Å². The molecule has 0 aliphatic rings. The molecular formula is C15H26FN3. The summed E-state index contributed by atoms with van der Waals surface area (Å²) in [5.74, 6) is 0.822. The van der Waals surface area contributed by atoms with E-state index < -0.39 is 0 Å². The van der Waals surface area contributed by atoms with E-state index in [9.17, 15) is 4.39 Å². The first-order valence-electron chi connectivity index (χ1n) is 7.08. The number of hydrogen-bond donors (Lipinski definition) is 1. The molecule has 1 N–H and O–H groups in total. The van der Waals surface area contributed by atoms with Gasteiger partial charge in [-0.05, 0) is 39.3 Å². The Hall–Kier alpha value is -1.16. The summed E-state index contributed by atoms with van der Waals surface area (Å²) < 4.78 is 14.5. The minimum atomic E-state index is -0.200. The van der Waals surface area contributed by atoms with Crippen LogP contribution in [0, 0.1) is 11.7 Å². The lowest BCUT2D eigenvalue weighted by Gasteiger charge is -2.27. The number of anilines is 1. The zero-order valence-electron chi connectivity index (χ0n) is 12.7. The highest BCUT2D eigenvalue weighted by Crippen LogP contribution is 2.21. The third-order valence-electron chi connectivity index (χ3n) is 3.05. The molecule has 0 saturated heterocycles. The molecule has 0 bridgehead atoms. The van der Waals surface area contributed by atoms with Crippen LogP contribution >= 0.6 is 0 Å². The van der Waals surface area contributed by atoms with Gasteiger partial charge in [0.1, 0.15) is 0 Å². The lowest BCUT2D eigenvalue weighted by molar-refractivity contribution is 0.529. The molecule has 3 nitrogen and oxygen atoms in total. The van der Waals surface area contributed by atoms with Crippen LogP contribution in [0.2, 0.25) is 0 Å². The third-order valence-corrected chi connectivity index (χ3v) is 3.05. The summed E-state index contributed by atoms with van der Waals surface area (Å²) in [6, 6.07) is 1.99. The first kappa shape index (κ1) is 15.9. The Morgan fingerprint density at radius 3 is 2.53 bits per heavy atom. The van der Waals surface area contributed by atoms with Gasteiger partial charge in [-0.2, -0.15) is 0 Å². The highest BCUT2D eigenvalue weighted by molar-refractivity contribution is 5.43. The normalized spacial score (nSPS) is 11.4. The molecule has 0 aliphatic carbocycles. The van der Waals surface area contributed by atoms with Crippen LogP contribution in [0.15, 0.2) is 12.3 Å². The number of halogens is 1. The van der Waals surface area contributed by atoms with Crippen LogP contribution in [0.3, 0.4) is 0 Å². The average molecular weight is 267 g/mol. The molecule has 0 atom stereocenters. The van der Waals surface area contributed by atoms with Crippen molar-refractivity contribution in [1.29, 1.82) is 0 Å². The van der Waals surface area contributed by atoms with Gasteiger partial charge in [0, 0.05) is 30.9 Å². The maximum Gasteiger partial charge on any atom is 0.170 e. The lowest BCUT2D eigenvalue weighted by Crippen LogP contribution is -2.32. The van der Waals surface area contributed by atoms with E-state index in [1.165, 1.54) is 0 Å². The summed E-state index contributed by atoms with van der Waals surface area (Å²) >= 11 is 0. The predicted octanol–water partition coefficient (Wildman–Crippen LogP) is 3.20. The first-order valence-corrected chi connectivity index (χ1v) is 7.08. The molecule has 0 spiro atoms. The molecular weight excluding hydrogens is 241 g/mol. The van der Waals surface area contributed by atoms with Crippen LogP contribution in [0.5, 0.6) is 0 Å². The molecule has 19 heavy (non-hydrogen) atoms.